The van der Waals surface area contributed by atoms with Crippen LogP contribution in [-0.4, -0.2) is 27.0 Å². The van der Waals surface area contributed by atoms with E-state index >= 15 is 0 Å². The third-order valence-electron chi connectivity index (χ3n) is 4.47. The van der Waals surface area contributed by atoms with Crippen LogP contribution in [0.15, 0.2) is 48.8 Å². The Balaban J connectivity index is 1.46. The summed E-state index contributed by atoms with van der Waals surface area (Å²) in [6, 6.07) is 12.3. The van der Waals surface area contributed by atoms with Gasteiger partial charge in [0.1, 0.15) is 5.82 Å². The molecule has 5 nitrogen and oxygen atoms in total. The summed E-state index contributed by atoms with van der Waals surface area (Å²) in [5, 5.41) is 2.95. The highest BCUT2D eigenvalue weighted by Crippen LogP contribution is 2.22. The minimum Gasteiger partial charge on any atom is -0.352 e. The van der Waals surface area contributed by atoms with Gasteiger partial charge >= 0.3 is 0 Å². The minimum absolute atomic E-state index is 0.0558. The van der Waals surface area contributed by atoms with Crippen molar-refractivity contribution in [1.29, 1.82) is 0 Å². The van der Waals surface area contributed by atoms with Gasteiger partial charge in [0.25, 0.3) is 5.91 Å². The molecule has 5 heteroatoms. The molecule has 0 atom stereocenters. The topological polar surface area (TPSA) is 59.8 Å². The highest BCUT2D eigenvalue weighted by molar-refractivity contribution is 5.93. The zero-order chi connectivity index (χ0) is 18.4. The number of carbonyl (C=O) groups is 1. The van der Waals surface area contributed by atoms with Gasteiger partial charge in [-0.05, 0) is 51.0 Å². The fourth-order valence-electron chi connectivity index (χ4n) is 3.23. The number of carbonyl (C=O) groups excluding carboxylic acids is 1. The second kappa shape index (κ2) is 8.61. The molecule has 0 fully saturated rings. The first-order valence-corrected chi connectivity index (χ1v) is 9.31. The molecule has 0 unspecified atom stereocenters. The third kappa shape index (κ3) is 4.28. The Morgan fingerprint density at radius 1 is 1.12 bits per heavy atom. The highest BCUT2D eigenvalue weighted by Gasteiger charge is 2.12. The van der Waals surface area contributed by atoms with Gasteiger partial charge in [-0.2, -0.15) is 0 Å². The summed E-state index contributed by atoms with van der Waals surface area (Å²) >= 11 is 0. The van der Waals surface area contributed by atoms with Crippen LogP contribution < -0.4 is 5.32 Å². The average molecular weight is 350 g/mol. The maximum Gasteiger partial charge on any atom is 0.252 e. The quantitative estimate of drug-likeness (QED) is 0.621. The zero-order valence-electron chi connectivity index (χ0n) is 15.5. The molecule has 0 aliphatic rings. The molecule has 1 amide bonds. The smallest absolute Gasteiger partial charge is 0.252 e. The molecule has 0 bridgehead atoms. The standard InChI is InChI=1S/C21H26N4O/c1-16(2)25-19-11-6-5-10-18(19)24-20(25)12-4-3-7-14-23-21(26)17-9-8-13-22-15-17/h5-6,8-11,13,15-16H,3-4,7,12,14H2,1-2H3,(H,23,26). The van der Waals surface area contributed by atoms with Crippen molar-refractivity contribution in [2.24, 2.45) is 0 Å². The fraction of sp³-hybridized carbons (Fsp3) is 0.381. The number of unbranched alkanes of at least 4 members (excludes halogenated alkanes) is 2. The second-order valence-corrected chi connectivity index (χ2v) is 6.79. The van der Waals surface area contributed by atoms with Crippen molar-refractivity contribution in [2.75, 3.05) is 6.54 Å². The second-order valence-electron chi connectivity index (χ2n) is 6.79. The Hall–Kier alpha value is -2.69. The molecule has 0 saturated heterocycles. The van der Waals surface area contributed by atoms with Gasteiger partial charge in [0, 0.05) is 31.4 Å². The van der Waals surface area contributed by atoms with Crippen LogP contribution in [0.1, 0.15) is 55.3 Å². The number of rotatable bonds is 8. The number of pyridine rings is 1. The molecule has 26 heavy (non-hydrogen) atoms. The van der Waals surface area contributed by atoms with Gasteiger partial charge in [0.05, 0.1) is 16.6 Å². The Bertz CT molecular complexity index is 855. The number of nitrogens with zero attached hydrogens (tertiary/aromatic N) is 3. The molecule has 2 heterocycles. The van der Waals surface area contributed by atoms with Crippen molar-refractivity contribution in [3.05, 3.63) is 60.2 Å². The van der Waals surface area contributed by atoms with Gasteiger partial charge in [-0.25, -0.2) is 4.98 Å². The molecule has 1 aromatic carbocycles. The minimum atomic E-state index is -0.0558. The lowest BCUT2D eigenvalue weighted by atomic mass is 10.1. The molecule has 0 radical (unpaired) electrons. The van der Waals surface area contributed by atoms with Gasteiger partial charge in [-0.15, -0.1) is 0 Å². The maximum atomic E-state index is 12.0. The highest BCUT2D eigenvalue weighted by atomic mass is 16.1. The first-order chi connectivity index (χ1) is 12.7. The van der Waals surface area contributed by atoms with Crippen LogP contribution in [0.3, 0.4) is 0 Å². The lowest BCUT2D eigenvalue weighted by Crippen LogP contribution is -2.24. The predicted molar refractivity (Wildman–Crippen MR) is 104 cm³/mol. The third-order valence-corrected chi connectivity index (χ3v) is 4.47. The zero-order valence-corrected chi connectivity index (χ0v) is 15.5. The Labute approximate surface area is 154 Å². The van der Waals surface area contributed by atoms with E-state index in [9.17, 15) is 4.79 Å². The van der Waals surface area contributed by atoms with Crippen LogP contribution in [0.25, 0.3) is 11.0 Å². The largest absolute Gasteiger partial charge is 0.352 e. The predicted octanol–water partition coefficient (Wildman–Crippen LogP) is 4.16. The number of hydrogen-bond donors (Lipinski definition) is 1. The molecule has 136 valence electrons. The average Bonchev–Trinajstić information content (AvgIpc) is 3.03. The Morgan fingerprint density at radius 2 is 1.96 bits per heavy atom. The van der Waals surface area contributed by atoms with Crippen molar-refractivity contribution >= 4 is 16.9 Å². The van der Waals surface area contributed by atoms with Crippen molar-refractivity contribution < 1.29 is 4.79 Å². The Morgan fingerprint density at radius 3 is 2.73 bits per heavy atom. The van der Waals surface area contributed by atoms with E-state index in [0.717, 1.165) is 37.0 Å². The number of hydrogen-bond acceptors (Lipinski definition) is 3. The van der Waals surface area contributed by atoms with Crippen LogP contribution in [0.4, 0.5) is 0 Å². The van der Waals surface area contributed by atoms with E-state index in [1.807, 2.05) is 6.07 Å². The summed E-state index contributed by atoms with van der Waals surface area (Å²) in [4.78, 5) is 20.7. The number of aryl methyl sites for hydroxylation is 1. The molecule has 0 spiro atoms. The van der Waals surface area contributed by atoms with E-state index in [1.54, 1.807) is 24.5 Å². The maximum absolute atomic E-state index is 12.0. The van der Waals surface area contributed by atoms with Crippen molar-refractivity contribution in [3.63, 3.8) is 0 Å². The van der Waals surface area contributed by atoms with Gasteiger partial charge in [0.2, 0.25) is 0 Å². The number of aromatic nitrogens is 3. The van der Waals surface area contributed by atoms with Crippen molar-refractivity contribution in [2.45, 2.75) is 45.6 Å². The number of benzene rings is 1. The first-order valence-electron chi connectivity index (χ1n) is 9.31. The molecule has 0 saturated carbocycles. The van der Waals surface area contributed by atoms with Crippen LogP contribution in [0, 0.1) is 0 Å². The first kappa shape index (κ1) is 18.1. The number of para-hydroxylation sites is 2. The van der Waals surface area contributed by atoms with E-state index in [0.29, 0.717) is 18.2 Å². The summed E-state index contributed by atoms with van der Waals surface area (Å²) in [5.41, 5.74) is 2.89. The van der Waals surface area contributed by atoms with Gasteiger partial charge < -0.3 is 9.88 Å². The van der Waals surface area contributed by atoms with Crippen LogP contribution >= 0.6 is 0 Å². The molecule has 0 aliphatic heterocycles. The Kier molecular flexibility index (Phi) is 6.00. The number of nitrogens with one attached hydrogen (secondary N) is 1. The van der Waals surface area contributed by atoms with Crippen LogP contribution in [-0.2, 0) is 6.42 Å². The summed E-state index contributed by atoms with van der Waals surface area (Å²) in [7, 11) is 0. The molecule has 0 aliphatic carbocycles. The summed E-state index contributed by atoms with van der Waals surface area (Å²) < 4.78 is 2.33. The van der Waals surface area contributed by atoms with Crippen LogP contribution in [0.5, 0.6) is 0 Å². The van der Waals surface area contributed by atoms with E-state index in [4.69, 9.17) is 4.98 Å². The fourth-order valence-corrected chi connectivity index (χ4v) is 3.23. The SMILES string of the molecule is CC(C)n1c(CCCCCNC(=O)c2cccnc2)nc2ccccc21. The molecule has 3 aromatic rings. The summed E-state index contributed by atoms with van der Waals surface area (Å²) in [6.07, 6.45) is 7.32. The van der Waals surface area contributed by atoms with E-state index in [-0.39, 0.29) is 5.91 Å². The number of imidazole rings is 1. The van der Waals surface area contributed by atoms with Gasteiger partial charge in [-0.1, -0.05) is 18.6 Å². The van der Waals surface area contributed by atoms with Gasteiger partial charge in [-0.3, -0.25) is 9.78 Å². The lowest BCUT2D eigenvalue weighted by Gasteiger charge is -2.13. The molecule has 3 rings (SSSR count). The van der Waals surface area contributed by atoms with E-state index < -0.39 is 0 Å². The summed E-state index contributed by atoms with van der Waals surface area (Å²) in [6.45, 7) is 5.09. The lowest BCUT2D eigenvalue weighted by molar-refractivity contribution is 0.0952. The number of amides is 1. The summed E-state index contributed by atoms with van der Waals surface area (Å²) in [5.74, 6) is 1.10. The molecule has 2 aromatic heterocycles. The molecular weight excluding hydrogens is 324 g/mol. The van der Waals surface area contributed by atoms with Crippen molar-refractivity contribution in [1.82, 2.24) is 19.9 Å². The molecular formula is C21H26N4O. The van der Waals surface area contributed by atoms with E-state index in [1.165, 1.54) is 5.52 Å². The van der Waals surface area contributed by atoms with E-state index in [2.05, 4.69) is 46.9 Å². The van der Waals surface area contributed by atoms with Crippen molar-refractivity contribution in [3.8, 4) is 0 Å². The monoisotopic (exact) mass is 350 g/mol. The number of fused-ring (bicyclic) bond motifs is 1. The normalized spacial score (nSPS) is 11.2. The van der Waals surface area contributed by atoms with Gasteiger partial charge in [0.15, 0.2) is 0 Å². The molecule has 1 N–H and O–H groups in total. The van der Waals surface area contributed by atoms with Crippen LogP contribution in [0.2, 0.25) is 0 Å².